The molecule has 6 rings (SSSR count). The van der Waals surface area contributed by atoms with Gasteiger partial charge in [0.05, 0.1) is 53.7 Å². The zero-order valence-corrected chi connectivity index (χ0v) is 20.1. The number of aliphatic hydroxyl groups excluding tert-OH is 1. The van der Waals surface area contributed by atoms with Crippen LogP contribution in [0.2, 0.25) is 0 Å². The lowest BCUT2D eigenvalue weighted by atomic mass is 10.2. The molecule has 184 valence electrons. The molecular formula is C23H27N7O4S. The maximum Gasteiger partial charge on any atom is 0.275 e. The van der Waals surface area contributed by atoms with Crippen LogP contribution >= 0.6 is 11.3 Å². The van der Waals surface area contributed by atoms with Gasteiger partial charge in [-0.15, -0.1) is 0 Å². The molecule has 5 heterocycles. The highest BCUT2D eigenvalue weighted by Crippen LogP contribution is 2.44. The molecule has 12 heteroatoms. The molecule has 3 aromatic rings. The average molecular weight is 498 g/mol. The van der Waals surface area contributed by atoms with Gasteiger partial charge in [-0.2, -0.15) is 10.1 Å². The molecule has 3 aromatic heterocycles. The van der Waals surface area contributed by atoms with E-state index in [2.05, 4.69) is 20.6 Å². The Morgan fingerprint density at radius 2 is 2.17 bits per heavy atom. The van der Waals surface area contributed by atoms with Crippen LogP contribution in [0.3, 0.4) is 0 Å². The Morgan fingerprint density at radius 1 is 1.34 bits per heavy atom. The molecule has 0 spiro atoms. The zero-order chi connectivity index (χ0) is 23.9. The van der Waals surface area contributed by atoms with Crippen LogP contribution in [0.25, 0.3) is 10.3 Å². The van der Waals surface area contributed by atoms with Gasteiger partial charge < -0.3 is 30.1 Å². The van der Waals surface area contributed by atoms with Gasteiger partial charge in [-0.3, -0.25) is 9.48 Å². The highest BCUT2D eigenvalue weighted by atomic mass is 32.1. The minimum Gasteiger partial charge on any atom is -0.472 e. The van der Waals surface area contributed by atoms with Crippen LogP contribution in [0, 0.1) is 0 Å². The molecule has 3 aliphatic rings. The van der Waals surface area contributed by atoms with Gasteiger partial charge in [0.2, 0.25) is 0 Å². The standard InChI is InChI=1S/C23H27N7O4S/c1-13(31)10-30-11-15(9-24-30)22-26-17(12-34-22)21(32)25-16-8-18-20(27-19(16)14-2-3-14)28-23(35-18)29-4-6-33-7-5-29/h8-9,11-14,22,26,31H,2-7,10H2,1H3,(H,25,32). The molecule has 0 bridgehead atoms. The first kappa shape index (κ1) is 22.3. The molecule has 2 fully saturated rings. The van der Waals surface area contributed by atoms with Gasteiger partial charge in [-0.05, 0) is 25.8 Å². The molecule has 0 radical (unpaired) electrons. The van der Waals surface area contributed by atoms with Crippen molar-refractivity contribution in [2.45, 2.75) is 44.6 Å². The van der Waals surface area contributed by atoms with E-state index in [1.165, 1.54) is 6.26 Å². The van der Waals surface area contributed by atoms with E-state index >= 15 is 0 Å². The van der Waals surface area contributed by atoms with E-state index in [9.17, 15) is 9.90 Å². The van der Waals surface area contributed by atoms with E-state index in [1.54, 1.807) is 35.3 Å². The molecule has 1 amide bonds. The third kappa shape index (κ3) is 4.68. The Morgan fingerprint density at radius 3 is 2.94 bits per heavy atom. The molecular weight excluding hydrogens is 470 g/mol. The van der Waals surface area contributed by atoms with Gasteiger partial charge >= 0.3 is 0 Å². The van der Waals surface area contributed by atoms with Gasteiger partial charge in [-0.1, -0.05) is 11.3 Å². The largest absolute Gasteiger partial charge is 0.472 e. The van der Waals surface area contributed by atoms with Crippen molar-refractivity contribution in [1.82, 2.24) is 25.1 Å². The maximum absolute atomic E-state index is 13.1. The first-order valence-electron chi connectivity index (χ1n) is 11.8. The average Bonchev–Trinajstić information content (AvgIpc) is 3.22. The summed E-state index contributed by atoms with van der Waals surface area (Å²) in [5.41, 5.74) is 3.44. The van der Waals surface area contributed by atoms with Crippen LogP contribution in [0.5, 0.6) is 0 Å². The number of aliphatic hydroxyl groups is 1. The number of hydrogen-bond acceptors (Lipinski definition) is 10. The number of pyridine rings is 1. The Balaban J connectivity index is 1.18. The third-order valence-corrected chi connectivity index (χ3v) is 7.21. The fourth-order valence-electron chi connectivity index (χ4n) is 4.23. The number of rotatable bonds is 7. The van der Waals surface area contributed by atoms with Crippen LogP contribution in [0.4, 0.5) is 10.8 Å². The van der Waals surface area contributed by atoms with Crippen molar-refractivity contribution in [3.63, 3.8) is 0 Å². The second-order valence-corrected chi connectivity index (χ2v) is 10.1. The molecule has 1 saturated carbocycles. The minimum atomic E-state index is -0.514. The lowest BCUT2D eigenvalue weighted by Crippen LogP contribution is -2.36. The summed E-state index contributed by atoms with van der Waals surface area (Å²) >= 11 is 1.59. The second kappa shape index (κ2) is 9.10. The Labute approximate surface area is 205 Å². The summed E-state index contributed by atoms with van der Waals surface area (Å²) in [7, 11) is 0. The van der Waals surface area contributed by atoms with Crippen LogP contribution in [-0.2, 0) is 20.8 Å². The van der Waals surface area contributed by atoms with Gasteiger partial charge in [0.25, 0.3) is 5.91 Å². The summed E-state index contributed by atoms with van der Waals surface area (Å²) in [6.07, 6.45) is 5.98. The van der Waals surface area contributed by atoms with Gasteiger partial charge in [0.1, 0.15) is 12.0 Å². The summed E-state index contributed by atoms with van der Waals surface area (Å²) < 4.78 is 13.7. The van der Waals surface area contributed by atoms with Crippen molar-refractivity contribution in [3.05, 3.63) is 41.7 Å². The first-order chi connectivity index (χ1) is 17.0. The van der Waals surface area contributed by atoms with Crippen LogP contribution in [0.15, 0.2) is 30.4 Å². The van der Waals surface area contributed by atoms with E-state index in [1.807, 2.05) is 6.07 Å². The zero-order valence-electron chi connectivity index (χ0n) is 19.3. The summed E-state index contributed by atoms with van der Waals surface area (Å²) in [5, 5.41) is 20.9. The normalized spacial score (nSPS) is 20.9. The summed E-state index contributed by atoms with van der Waals surface area (Å²) in [4.78, 5) is 24.9. The highest BCUT2D eigenvalue weighted by Gasteiger charge is 2.31. The molecule has 0 aromatic carbocycles. The molecule has 1 aliphatic carbocycles. The van der Waals surface area contributed by atoms with Crippen molar-refractivity contribution in [1.29, 1.82) is 0 Å². The maximum atomic E-state index is 13.1. The number of carbonyl (C=O) groups is 1. The van der Waals surface area contributed by atoms with E-state index in [4.69, 9.17) is 19.4 Å². The van der Waals surface area contributed by atoms with Crippen molar-refractivity contribution < 1.29 is 19.4 Å². The van der Waals surface area contributed by atoms with Gasteiger partial charge in [0, 0.05) is 25.2 Å². The second-order valence-electron chi connectivity index (χ2n) is 9.10. The number of nitrogens with zero attached hydrogens (tertiary/aromatic N) is 5. The molecule has 2 aliphatic heterocycles. The van der Waals surface area contributed by atoms with Crippen molar-refractivity contribution in [2.75, 3.05) is 36.5 Å². The molecule has 2 unspecified atom stereocenters. The SMILES string of the molecule is CC(O)Cn1cc(C2NC(C(=O)Nc3cc4sc(N5CCOCC5)nc4nc3C3CC3)=CO2)cn1. The summed E-state index contributed by atoms with van der Waals surface area (Å²) in [5.74, 6) is 0.0577. The number of thiazole rings is 1. The number of carbonyl (C=O) groups excluding carboxylic acids is 1. The van der Waals surface area contributed by atoms with E-state index in [0.717, 1.165) is 58.4 Å². The number of morpholine rings is 1. The number of amides is 1. The number of hydrogen-bond donors (Lipinski definition) is 3. The summed E-state index contributed by atoms with van der Waals surface area (Å²) in [6.45, 7) is 5.12. The minimum absolute atomic E-state index is 0.287. The Kier molecular flexibility index (Phi) is 5.78. The topological polar surface area (TPSA) is 127 Å². The van der Waals surface area contributed by atoms with E-state index in [0.29, 0.717) is 31.4 Å². The van der Waals surface area contributed by atoms with Crippen LogP contribution < -0.4 is 15.5 Å². The predicted octanol–water partition coefficient (Wildman–Crippen LogP) is 2.08. The fourth-order valence-corrected chi connectivity index (χ4v) is 5.23. The highest BCUT2D eigenvalue weighted by molar-refractivity contribution is 7.22. The van der Waals surface area contributed by atoms with E-state index < -0.39 is 12.3 Å². The number of fused-ring (bicyclic) bond motifs is 1. The Hall–Kier alpha value is -3.22. The van der Waals surface area contributed by atoms with Crippen molar-refractivity contribution >= 4 is 38.4 Å². The number of anilines is 2. The van der Waals surface area contributed by atoms with E-state index in [-0.39, 0.29) is 5.91 Å². The molecule has 35 heavy (non-hydrogen) atoms. The lowest BCUT2D eigenvalue weighted by molar-refractivity contribution is -0.113. The molecule has 3 N–H and O–H groups in total. The molecule has 1 saturated heterocycles. The predicted molar refractivity (Wildman–Crippen MR) is 130 cm³/mol. The van der Waals surface area contributed by atoms with Crippen LogP contribution in [0.1, 0.15) is 43.2 Å². The fraction of sp³-hybridized carbons (Fsp3) is 0.478. The van der Waals surface area contributed by atoms with Gasteiger partial charge in [0.15, 0.2) is 17.0 Å². The smallest absolute Gasteiger partial charge is 0.275 e. The lowest BCUT2D eigenvalue weighted by Gasteiger charge is -2.25. The Bertz CT molecular complexity index is 1280. The number of nitrogens with one attached hydrogen (secondary N) is 2. The molecule has 11 nitrogen and oxygen atoms in total. The van der Waals surface area contributed by atoms with Crippen LogP contribution in [-0.4, -0.2) is 63.2 Å². The number of aromatic nitrogens is 4. The number of ether oxygens (including phenoxy) is 2. The molecule has 2 atom stereocenters. The quantitative estimate of drug-likeness (QED) is 0.450. The van der Waals surface area contributed by atoms with Gasteiger partial charge in [-0.25, -0.2) is 4.98 Å². The van der Waals surface area contributed by atoms with Crippen molar-refractivity contribution in [2.24, 2.45) is 0 Å². The first-order valence-corrected chi connectivity index (χ1v) is 12.6. The summed E-state index contributed by atoms with van der Waals surface area (Å²) in [6, 6.07) is 1.99. The third-order valence-electron chi connectivity index (χ3n) is 6.16. The van der Waals surface area contributed by atoms with Crippen molar-refractivity contribution in [3.8, 4) is 0 Å². The monoisotopic (exact) mass is 497 g/mol.